The molecule has 4 nitrogen and oxygen atoms in total. The van der Waals surface area contributed by atoms with Crippen molar-refractivity contribution in [3.63, 3.8) is 0 Å². The molecule has 0 spiro atoms. The summed E-state index contributed by atoms with van der Waals surface area (Å²) in [5, 5.41) is 0. The number of unbranched alkanes of at least 4 members (excludes halogenated alkanes) is 15. The molecule has 3 rings (SSSR count). The average Bonchev–Trinajstić information content (AvgIpc) is 3.09. The lowest BCUT2D eigenvalue weighted by atomic mass is 10.0. The highest BCUT2D eigenvalue weighted by Crippen LogP contribution is 2.29. The number of carbonyl (C=O) groups is 1. The van der Waals surface area contributed by atoms with E-state index in [2.05, 4.69) is 45.0 Å². The molecule has 0 N–H and O–H groups in total. The summed E-state index contributed by atoms with van der Waals surface area (Å²) in [6, 6.07) is 23.5. The molecule has 1 unspecified atom stereocenters. The Morgan fingerprint density at radius 3 is 1.57 bits per heavy atom. The summed E-state index contributed by atoms with van der Waals surface area (Å²) >= 11 is 0. The van der Waals surface area contributed by atoms with Crippen LogP contribution >= 0.6 is 0 Å². The molecule has 0 aromatic heterocycles. The van der Waals surface area contributed by atoms with E-state index >= 15 is 0 Å². The van der Waals surface area contributed by atoms with Crippen LogP contribution in [-0.4, -0.2) is 19.2 Å². The zero-order chi connectivity index (χ0) is 32.7. The Hall–Kier alpha value is -3.11. The molecule has 252 valence electrons. The van der Waals surface area contributed by atoms with Gasteiger partial charge in [-0.3, -0.25) is 0 Å². The van der Waals surface area contributed by atoms with E-state index in [0.717, 1.165) is 43.4 Å². The number of rotatable bonds is 25. The summed E-state index contributed by atoms with van der Waals surface area (Å²) in [7, 11) is 0. The fourth-order valence-electron chi connectivity index (χ4n) is 5.74. The standard InChI is InChI=1S/C42H60O4/c1-4-6-8-9-10-11-12-13-14-15-16-17-18-22-33-44-35(3)36-25-27-37(28-26-36)38-29-31-39(32-30-38)42(43)46-41-24-20-19-23-40(41)45-34-21-7-5-2/h19-20,23-32,35H,4-18,21-22,33-34H2,1-3H3. The fraction of sp³-hybridized carbons (Fsp3) is 0.548. The van der Waals surface area contributed by atoms with Crippen molar-refractivity contribution < 1.29 is 19.0 Å². The van der Waals surface area contributed by atoms with Crippen LogP contribution in [0.5, 0.6) is 11.5 Å². The molecule has 0 aliphatic carbocycles. The number of hydrogen-bond donors (Lipinski definition) is 0. The average molecular weight is 629 g/mol. The van der Waals surface area contributed by atoms with Crippen LogP contribution in [0.25, 0.3) is 11.1 Å². The van der Waals surface area contributed by atoms with Gasteiger partial charge >= 0.3 is 5.97 Å². The van der Waals surface area contributed by atoms with Crippen LogP contribution in [0.2, 0.25) is 0 Å². The van der Waals surface area contributed by atoms with Gasteiger partial charge in [0.2, 0.25) is 0 Å². The summed E-state index contributed by atoms with van der Waals surface area (Å²) in [5.74, 6) is 0.655. The maximum absolute atomic E-state index is 12.9. The summed E-state index contributed by atoms with van der Waals surface area (Å²) in [6.07, 6.45) is 22.5. The first-order valence-corrected chi connectivity index (χ1v) is 18.4. The number of esters is 1. The highest BCUT2D eigenvalue weighted by Gasteiger charge is 2.13. The molecule has 46 heavy (non-hydrogen) atoms. The van der Waals surface area contributed by atoms with Crippen LogP contribution in [0, 0.1) is 0 Å². The second-order valence-corrected chi connectivity index (χ2v) is 12.7. The van der Waals surface area contributed by atoms with Crippen molar-refractivity contribution in [1.29, 1.82) is 0 Å². The lowest BCUT2D eigenvalue weighted by Gasteiger charge is -2.14. The van der Waals surface area contributed by atoms with Gasteiger partial charge in [-0.2, -0.15) is 0 Å². The molecule has 1 atom stereocenters. The van der Waals surface area contributed by atoms with Gasteiger partial charge in [0.25, 0.3) is 0 Å². The number of para-hydroxylation sites is 2. The van der Waals surface area contributed by atoms with Gasteiger partial charge in [-0.15, -0.1) is 0 Å². The van der Waals surface area contributed by atoms with Crippen molar-refractivity contribution in [2.75, 3.05) is 13.2 Å². The van der Waals surface area contributed by atoms with Crippen LogP contribution in [-0.2, 0) is 4.74 Å². The fourth-order valence-corrected chi connectivity index (χ4v) is 5.74. The quantitative estimate of drug-likeness (QED) is 0.0532. The minimum atomic E-state index is -0.392. The van der Waals surface area contributed by atoms with Crippen molar-refractivity contribution in [3.8, 4) is 22.6 Å². The Morgan fingerprint density at radius 2 is 1.00 bits per heavy atom. The maximum Gasteiger partial charge on any atom is 0.343 e. The third-order valence-electron chi connectivity index (χ3n) is 8.76. The van der Waals surface area contributed by atoms with Crippen LogP contribution in [0.1, 0.15) is 152 Å². The molecule has 0 heterocycles. The summed E-state index contributed by atoms with van der Waals surface area (Å²) in [4.78, 5) is 12.9. The SMILES string of the molecule is CCCCCCCCCCCCCCCCOC(C)c1ccc(-c2ccc(C(=O)Oc3ccccc3OCCCCC)cc2)cc1. The zero-order valence-electron chi connectivity index (χ0n) is 29.1. The molecule has 3 aromatic carbocycles. The molecule has 0 bridgehead atoms. The van der Waals surface area contributed by atoms with E-state index in [-0.39, 0.29) is 6.10 Å². The third kappa shape index (κ3) is 14.5. The van der Waals surface area contributed by atoms with E-state index in [1.54, 1.807) is 6.07 Å². The molecule has 3 aromatic rings. The highest BCUT2D eigenvalue weighted by atomic mass is 16.6. The topological polar surface area (TPSA) is 44.8 Å². The Labute approximate surface area is 280 Å². The summed E-state index contributed by atoms with van der Waals surface area (Å²) in [6.45, 7) is 8.00. The summed E-state index contributed by atoms with van der Waals surface area (Å²) < 4.78 is 17.7. The summed E-state index contributed by atoms with van der Waals surface area (Å²) in [5.41, 5.74) is 3.85. The highest BCUT2D eigenvalue weighted by molar-refractivity contribution is 5.92. The van der Waals surface area contributed by atoms with Crippen LogP contribution in [0.15, 0.2) is 72.8 Å². The normalized spacial score (nSPS) is 11.8. The van der Waals surface area contributed by atoms with Crippen LogP contribution in [0.4, 0.5) is 0 Å². The van der Waals surface area contributed by atoms with Crippen LogP contribution < -0.4 is 9.47 Å². The molecular formula is C42H60O4. The number of benzene rings is 3. The Morgan fingerprint density at radius 1 is 0.543 bits per heavy atom. The van der Waals surface area contributed by atoms with E-state index in [4.69, 9.17) is 14.2 Å². The first-order valence-electron chi connectivity index (χ1n) is 18.4. The minimum absolute atomic E-state index is 0.0756. The molecule has 0 fully saturated rings. The molecule has 0 aliphatic rings. The van der Waals surface area contributed by atoms with Crippen molar-refractivity contribution in [3.05, 3.63) is 83.9 Å². The smallest absolute Gasteiger partial charge is 0.343 e. The van der Waals surface area contributed by atoms with Crippen molar-refractivity contribution in [2.45, 2.75) is 136 Å². The van der Waals surface area contributed by atoms with Gasteiger partial charge in [0.1, 0.15) is 0 Å². The van der Waals surface area contributed by atoms with Gasteiger partial charge in [-0.25, -0.2) is 4.79 Å². The number of carbonyl (C=O) groups excluding carboxylic acids is 1. The minimum Gasteiger partial charge on any atom is -0.490 e. The Kier molecular flexibility index (Phi) is 18.9. The largest absolute Gasteiger partial charge is 0.490 e. The molecule has 0 radical (unpaired) electrons. The molecule has 0 saturated heterocycles. The second kappa shape index (κ2) is 23.2. The predicted octanol–water partition coefficient (Wildman–Crippen LogP) is 12.7. The molecule has 4 heteroatoms. The van der Waals surface area contributed by atoms with Gasteiger partial charge in [0.15, 0.2) is 11.5 Å². The van der Waals surface area contributed by atoms with Crippen molar-refractivity contribution in [1.82, 2.24) is 0 Å². The molecular weight excluding hydrogens is 568 g/mol. The van der Waals surface area contributed by atoms with Gasteiger partial charge in [0.05, 0.1) is 18.3 Å². The second-order valence-electron chi connectivity index (χ2n) is 12.7. The van der Waals surface area contributed by atoms with E-state index in [1.807, 2.05) is 42.5 Å². The lowest BCUT2D eigenvalue weighted by molar-refractivity contribution is 0.0627. The lowest BCUT2D eigenvalue weighted by Crippen LogP contribution is -2.09. The van der Waals surface area contributed by atoms with Crippen molar-refractivity contribution in [2.24, 2.45) is 0 Å². The number of ether oxygens (including phenoxy) is 3. The van der Waals surface area contributed by atoms with Crippen molar-refractivity contribution >= 4 is 5.97 Å². The van der Waals surface area contributed by atoms with Crippen LogP contribution in [0.3, 0.4) is 0 Å². The van der Waals surface area contributed by atoms with Gasteiger partial charge < -0.3 is 14.2 Å². The molecule has 0 amide bonds. The maximum atomic E-state index is 12.9. The molecule has 0 saturated carbocycles. The monoisotopic (exact) mass is 628 g/mol. The van der Waals surface area contributed by atoms with E-state index < -0.39 is 5.97 Å². The van der Waals surface area contributed by atoms with E-state index in [1.165, 1.54) is 89.0 Å². The van der Waals surface area contributed by atoms with E-state index in [0.29, 0.717) is 23.7 Å². The first-order chi connectivity index (χ1) is 22.6. The predicted molar refractivity (Wildman–Crippen MR) is 193 cm³/mol. The first kappa shape index (κ1) is 37.3. The van der Waals surface area contributed by atoms with Gasteiger partial charge in [-0.1, -0.05) is 159 Å². The molecule has 0 aliphatic heterocycles. The Bertz CT molecular complexity index is 1200. The third-order valence-corrected chi connectivity index (χ3v) is 8.76. The van der Waals surface area contributed by atoms with Gasteiger partial charge in [0, 0.05) is 6.61 Å². The van der Waals surface area contributed by atoms with E-state index in [9.17, 15) is 4.79 Å². The Balaban J connectivity index is 1.31. The number of hydrogen-bond acceptors (Lipinski definition) is 4. The van der Waals surface area contributed by atoms with Gasteiger partial charge in [-0.05, 0) is 60.7 Å². The zero-order valence-corrected chi connectivity index (χ0v) is 29.1.